The lowest BCUT2D eigenvalue weighted by Gasteiger charge is -2.07. The van der Waals surface area contributed by atoms with E-state index in [1.165, 1.54) is 25.0 Å². The Hall–Kier alpha value is -1.93. The SMILES string of the molecule is N#Cc1cc(F)ccc1NC(=O)CNCC1CC1. The van der Waals surface area contributed by atoms with Gasteiger partial charge in [0.15, 0.2) is 0 Å². The Morgan fingerprint density at radius 2 is 2.28 bits per heavy atom. The van der Waals surface area contributed by atoms with Crippen molar-refractivity contribution in [3.8, 4) is 6.07 Å². The van der Waals surface area contributed by atoms with Crippen LogP contribution in [-0.2, 0) is 4.79 Å². The third-order valence-electron chi connectivity index (χ3n) is 2.79. The van der Waals surface area contributed by atoms with E-state index in [1.807, 2.05) is 6.07 Å². The molecule has 2 N–H and O–H groups in total. The minimum Gasteiger partial charge on any atom is -0.324 e. The van der Waals surface area contributed by atoms with E-state index < -0.39 is 5.82 Å². The summed E-state index contributed by atoms with van der Waals surface area (Å²) in [5.74, 6) is -0.00606. The number of nitrogens with zero attached hydrogens (tertiary/aromatic N) is 1. The van der Waals surface area contributed by atoms with Crippen molar-refractivity contribution >= 4 is 11.6 Å². The van der Waals surface area contributed by atoms with E-state index in [0.717, 1.165) is 12.6 Å². The van der Waals surface area contributed by atoms with E-state index >= 15 is 0 Å². The summed E-state index contributed by atoms with van der Waals surface area (Å²) in [6, 6.07) is 5.57. The second-order valence-electron chi connectivity index (χ2n) is 4.42. The van der Waals surface area contributed by atoms with E-state index in [4.69, 9.17) is 5.26 Å². The molecule has 94 valence electrons. The molecule has 0 bridgehead atoms. The minimum atomic E-state index is -0.489. The molecule has 0 radical (unpaired) electrons. The number of benzene rings is 1. The summed E-state index contributed by atoms with van der Waals surface area (Å²) in [6.45, 7) is 1.06. The maximum absolute atomic E-state index is 12.9. The Labute approximate surface area is 105 Å². The molecule has 18 heavy (non-hydrogen) atoms. The smallest absolute Gasteiger partial charge is 0.238 e. The fraction of sp³-hybridized carbons (Fsp3) is 0.385. The van der Waals surface area contributed by atoms with Gasteiger partial charge in [-0.1, -0.05) is 0 Å². The fourth-order valence-electron chi connectivity index (χ4n) is 1.62. The van der Waals surface area contributed by atoms with Gasteiger partial charge >= 0.3 is 0 Å². The van der Waals surface area contributed by atoms with Crippen LogP contribution in [0.25, 0.3) is 0 Å². The predicted molar refractivity (Wildman–Crippen MR) is 65.3 cm³/mol. The first kappa shape index (κ1) is 12.5. The minimum absolute atomic E-state index is 0.130. The topological polar surface area (TPSA) is 64.9 Å². The van der Waals surface area contributed by atoms with Crippen LogP contribution in [0.2, 0.25) is 0 Å². The van der Waals surface area contributed by atoms with Crippen LogP contribution in [0.15, 0.2) is 18.2 Å². The molecule has 1 aromatic carbocycles. The quantitative estimate of drug-likeness (QED) is 0.831. The van der Waals surface area contributed by atoms with Crippen LogP contribution in [0.4, 0.5) is 10.1 Å². The second kappa shape index (κ2) is 5.61. The normalized spacial score (nSPS) is 14.0. The Kier molecular flexibility index (Phi) is 3.90. The summed E-state index contributed by atoms with van der Waals surface area (Å²) in [5, 5.41) is 14.5. The number of halogens is 1. The van der Waals surface area contributed by atoms with Gasteiger partial charge in [0.1, 0.15) is 11.9 Å². The maximum atomic E-state index is 12.9. The third-order valence-corrected chi connectivity index (χ3v) is 2.79. The van der Waals surface area contributed by atoms with E-state index in [9.17, 15) is 9.18 Å². The van der Waals surface area contributed by atoms with E-state index in [-0.39, 0.29) is 18.0 Å². The van der Waals surface area contributed by atoms with Crippen molar-refractivity contribution in [1.29, 1.82) is 5.26 Å². The number of amides is 1. The van der Waals surface area contributed by atoms with E-state index in [1.54, 1.807) is 0 Å². The van der Waals surface area contributed by atoms with Crippen molar-refractivity contribution in [3.63, 3.8) is 0 Å². The third kappa shape index (κ3) is 3.54. The monoisotopic (exact) mass is 247 g/mol. The van der Waals surface area contributed by atoms with Crippen molar-refractivity contribution in [2.75, 3.05) is 18.4 Å². The number of anilines is 1. The summed E-state index contributed by atoms with van der Waals surface area (Å²) in [5.41, 5.74) is 0.475. The van der Waals surface area contributed by atoms with Crippen LogP contribution in [0, 0.1) is 23.1 Å². The molecule has 0 unspecified atom stereocenters. The highest BCUT2D eigenvalue weighted by Gasteiger charge is 2.20. The molecular weight excluding hydrogens is 233 g/mol. The predicted octanol–water partition coefficient (Wildman–Crippen LogP) is 1.64. The number of nitriles is 1. The largest absolute Gasteiger partial charge is 0.324 e. The van der Waals surface area contributed by atoms with Crippen LogP contribution in [0.1, 0.15) is 18.4 Å². The molecule has 1 aliphatic rings. The summed E-state index contributed by atoms with van der Waals surface area (Å²) in [6.07, 6.45) is 2.45. The average Bonchev–Trinajstić information content (AvgIpc) is 3.15. The Morgan fingerprint density at radius 3 is 2.94 bits per heavy atom. The molecule has 0 atom stereocenters. The van der Waals surface area contributed by atoms with Crippen molar-refractivity contribution < 1.29 is 9.18 Å². The van der Waals surface area contributed by atoms with Gasteiger partial charge in [-0.25, -0.2) is 4.39 Å². The van der Waals surface area contributed by atoms with Crippen LogP contribution in [0.3, 0.4) is 0 Å². The lowest BCUT2D eigenvalue weighted by Crippen LogP contribution is -2.29. The van der Waals surface area contributed by atoms with Crippen LogP contribution < -0.4 is 10.6 Å². The van der Waals surface area contributed by atoms with E-state index in [2.05, 4.69) is 10.6 Å². The van der Waals surface area contributed by atoms with Gasteiger partial charge in [0.05, 0.1) is 17.8 Å². The molecule has 0 aliphatic heterocycles. The molecule has 0 saturated heterocycles. The standard InChI is InChI=1S/C13H14FN3O/c14-11-3-4-12(10(5-11)6-15)17-13(18)8-16-7-9-1-2-9/h3-5,9,16H,1-2,7-8H2,(H,17,18). The Bertz CT molecular complexity index is 491. The van der Waals surface area contributed by atoms with Crippen LogP contribution in [0.5, 0.6) is 0 Å². The van der Waals surface area contributed by atoms with Gasteiger partial charge in [-0.15, -0.1) is 0 Å². The molecule has 1 aliphatic carbocycles. The summed E-state index contributed by atoms with van der Waals surface area (Å²) < 4.78 is 12.9. The van der Waals surface area contributed by atoms with Crippen molar-refractivity contribution in [2.24, 2.45) is 5.92 Å². The number of carbonyl (C=O) groups is 1. The fourth-order valence-corrected chi connectivity index (χ4v) is 1.62. The molecule has 1 saturated carbocycles. The zero-order chi connectivity index (χ0) is 13.0. The Morgan fingerprint density at radius 1 is 1.50 bits per heavy atom. The van der Waals surface area contributed by atoms with Gasteiger partial charge in [-0.3, -0.25) is 4.79 Å². The number of nitrogens with one attached hydrogen (secondary N) is 2. The van der Waals surface area contributed by atoms with Gasteiger partial charge in [-0.05, 0) is 43.5 Å². The number of rotatable bonds is 5. The first-order chi connectivity index (χ1) is 8.69. The van der Waals surface area contributed by atoms with Crippen molar-refractivity contribution in [2.45, 2.75) is 12.8 Å². The maximum Gasteiger partial charge on any atom is 0.238 e. The molecule has 2 rings (SSSR count). The van der Waals surface area contributed by atoms with Crippen LogP contribution >= 0.6 is 0 Å². The lowest BCUT2D eigenvalue weighted by atomic mass is 10.2. The molecular formula is C13H14FN3O. The number of carbonyl (C=O) groups excluding carboxylic acids is 1. The van der Waals surface area contributed by atoms with Gasteiger partial charge in [0.2, 0.25) is 5.91 Å². The molecule has 1 aromatic rings. The molecule has 1 fully saturated rings. The molecule has 5 heteroatoms. The molecule has 0 spiro atoms. The lowest BCUT2D eigenvalue weighted by molar-refractivity contribution is -0.115. The highest BCUT2D eigenvalue weighted by molar-refractivity contribution is 5.93. The summed E-state index contributed by atoms with van der Waals surface area (Å²) >= 11 is 0. The first-order valence-corrected chi connectivity index (χ1v) is 5.89. The first-order valence-electron chi connectivity index (χ1n) is 5.89. The van der Waals surface area contributed by atoms with Gasteiger partial charge in [-0.2, -0.15) is 5.26 Å². The second-order valence-corrected chi connectivity index (χ2v) is 4.42. The zero-order valence-electron chi connectivity index (χ0n) is 9.87. The molecule has 1 amide bonds. The van der Waals surface area contributed by atoms with Gasteiger partial charge in [0.25, 0.3) is 0 Å². The summed E-state index contributed by atoms with van der Waals surface area (Å²) in [4.78, 5) is 11.6. The molecule has 0 heterocycles. The van der Waals surface area contributed by atoms with Gasteiger partial charge in [0, 0.05) is 0 Å². The average molecular weight is 247 g/mol. The van der Waals surface area contributed by atoms with Crippen molar-refractivity contribution in [1.82, 2.24) is 5.32 Å². The van der Waals surface area contributed by atoms with Gasteiger partial charge < -0.3 is 10.6 Å². The highest BCUT2D eigenvalue weighted by Crippen LogP contribution is 2.27. The van der Waals surface area contributed by atoms with Crippen LogP contribution in [-0.4, -0.2) is 19.0 Å². The summed E-state index contributed by atoms with van der Waals surface area (Å²) in [7, 11) is 0. The molecule has 4 nitrogen and oxygen atoms in total. The van der Waals surface area contributed by atoms with Crippen molar-refractivity contribution in [3.05, 3.63) is 29.6 Å². The van der Waals surface area contributed by atoms with E-state index in [0.29, 0.717) is 11.6 Å². The zero-order valence-corrected chi connectivity index (χ0v) is 9.87. The Balaban J connectivity index is 1.87. The highest BCUT2D eigenvalue weighted by atomic mass is 19.1. The number of hydrogen-bond acceptors (Lipinski definition) is 3. The molecule has 0 aromatic heterocycles. The number of hydrogen-bond donors (Lipinski definition) is 2.